The molecule has 116 valence electrons. The summed E-state index contributed by atoms with van der Waals surface area (Å²) >= 11 is 1.56. The number of nitro benzene ring substituents is 1. The molecule has 2 aromatic rings. The summed E-state index contributed by atoms with van der Waals surface area (Å²) in [7, 11) is 0. The standard InChI is InChI=1S/C14H15FN4O2S/c1-9-13(10-2-3-11(15)12(8-10)19(20)21)17-14(22-9)18-6-4-16-5-7-18/h2-3,8,16H,4-7H2,1H3. The predicted molar refractivity (Wildman–Crippen MR) is 84.0 cm³/mol. The second-order valence-corrected chi connectivity index (χ2v) is 6.24. The molecule has 1 aromatic carbocycles. The Bertz CT molecular complexity index is 713. The van der Waals surface area contributed by atoms with Crippen molar-refractivity contribution in [1.82, 2.24) is 10.3 Å². The van der Waals surface area contributed by atoms with Crippen molar-refractivity contribution in [2.75, 3.05) is 31.1 Å². The van der Waals surface area contributed by atoms with Crippen LogP contribution in [0.5, 0.6) is 0 Å². The van der Waals surface area contributed by atoms with Crippen LogP contribution < -0.4 is 10.2 Å². The number of rotatable bonds is 3. The summed E-state index contributed by atoms with van der Waals surface area (Å²) in [4.78, 5) is 17.9. The second kappa shape index (κ2) is 5.98. The molecule has 1 fully saturated rings. The number of nitrogens with zero attached hydrogens (tertiary/aromatic N) is 3. The lowest BCUT2D eigenvalue weighted by Gasteiger charge is -2.26. The van der Waals surface area contributed by atoms with Crippen molar-refractivity contribution in [3.05, 3.63) is 39.0 Å². The van der Waals surface area contributed by atoms with Crippen LogP contribution in [-0.2, 0) is 0 Å². The summed E-state index contributed by atoms with van der Waals surface area (Å²) in [6.45, 7) is 5.52. The third kappa shape index (κ3) is 2.79. The van der Waals surface area contributed by atoms with Crippen LogP contribution in [0.15, 0.2) is 18.2 Å². The molecule has 0 amide bonds. The van der Waals surface area contributed by atoms with Gasteiger partial charge in [0.25, 0.3) is 0 Å². The Balaban J connectivity index is 1.96. The van der Waals surface area contributed by atoms with Gasteiger partial charge in [-0.2, -0.15) is 4.39 Å². The van der Waals surface area contributed by atoms with E-state index in [1.807, 2.05) is 6.92 Å². The zero-order valence-corrected chi connectivity index (χ0v) is 12.8. The molecule has 8 heteroatoms. The predicted octanol–water partition coefficient (Wildman–Crippen LogP) is 2.58. The molecule has 0 aliphatic carbocycles. The first-order chi connectivity index (χ1) is 10.6. The minimum atomic E-state index is -0.830. The normalized spacial score (nSPS) is 15.1. The number of aromatic nitrogens is 1. The Hall–Kier alpha value is -2.06. The highest BCUT2D eigenvalue weighted by Gasteiger charge is 2.20. The Labute approximate surface area is 130 Å². The van der Waals surface area contributed by atoms with Crippen molar-refractivity contribution < 1.29 is 9.31 Å². The maximum absolute atomic E-state index is 13.5. The topological polar surface area (TPSA) is 71.3 Å². The van der Waals surface area contributed by atoms with Crippen LogP contribution in [0.3, 0.4) is 0 Å². The van der Waals surface area contributed by atoms with Gasteiger partial charge < -0.3 is 10.2 Å². The van der Waals surface area contributed by atoms with E-state index in [0.717, 1.165) is 42.3 Å². The molecule has 1 aliphatic heterocycles. The number of nitrogens with one attached hydrogen (secondary N) is 1. The first kappa shape index (κ1) is 14.9. The summed E-state index contributed by atoms with van der Waals surface area (Å²) in [6, 6.07) is 3.90. The van der Waals surface area contributed by atoms with Crippen molar-refractivity contribution in [3.63, 3.8) is 0 Å². The summed E-state index contributed by atoms with van der Waals surface area (Å²) < 4.78 is 13.5. The maximum Gasteiger partial charge on any atom is 0.305 e. The minimum absolute atomic E-state index is 0.520. The fourth-order valence-electron chi connectivity index (χ4n) is 2.44. The van der Waals surface area contributed by atoms with E-state index in [1.54, 1.807) is 11.3 Å². The molecule has 2 heterocycles. The molecule has 0 bridgehead atoms. The van der Waals surface area contributed by atoms with Gasteiger partial charge in [-0.1, -0.05) is 0 Å². The van der Waals surface area contributed by atoms with Crippen molar-refractivity contribution in [1.29, 1.82) is 0 Å². The molecule has 1 saturated heterocycles. The molecule has 22 heavy (non-hydrogen) atoms. The lowest BCUT2D eigenvalue weighted by atomic mass is 10.1. The maximum atomic E-state index is 13.5. The van der Waals surface area contributed by atoms with Gasteiger partial charge in [-0.25, -0.2) is 4.98 Å². The Morgan fingerprint density at radius 3 is 2.82 bits per heavy atom. The molecule has 0 atom stereocenters. The van der Waals surface area contributed by atoms with Crippen molar-refractivity contribution in [2.24, 2.45) is 0 Å². The third-order valence-corrected chi connectivity index (χ3v) is 4.62. The molecule has 0 radical (unpaired) electrons. The van der Waals surface area contributed by atoms with E-state index in [2.05, 4.69) is 15.2 Å². The smallest absolute Gasteiger partial charge is 0.305 e. The van der Waals surface area contributed by atoms with Crippen LogP contribution in [0.1, 0.15) is 4.88 Å². The fraction of sp³-hybridized carbons (Fsp3) is 0.357. The molecule has 6 nitrogen and oxygen atoms in total. The van der Waals surface area contributed by atoms with Gasteiger partial charge >= 0.3 is 5.69 Å². The van der Waals surface area contributed by atoms with E-state index in [4.69, 9.17) is 0 Å². The number of halogens is 1. The minimum Gasteiger partial charge on any atom is -0.346 e. The molecule has 0 unspecified atom stereocenters. The van der Waals surface area contributed by atoms with Crippen molar-refractivity contribution >= 4 is 22.2 Å². The quantitative estimate of drug-likeness (QED) is 0.694. The van der Waals surface area contributed by atoms with Crippen LogP contribution in [-0.4, -0.2) is 36.1 Å². The van der Waals surface area contributed by atoms with Gasteiger partial charge in [-0.05, 0) is 19.1 Å². The average molecular weight is 322 g/mol. The number of benzene rings is 1. The number of aryl methyl sites for hydroxylation is 1. The van der Waals surface area contributed by atoms with Gasteiger partial charge in [0.05, 0.1) is 10.6 Å². The Morgan fingerprint density at radius 1 is 1.41 bits per heavy atom. The Kier molecular flexibility index (Phi) is 4.04. The van der Waals surface area contributed by atoms with Crippen LogP contribution in [0.25, 0.3) is 11.3 Å². The number of piperazine rings is 1. The molecule has 1 N–H and O–H groups in total. The largest absolute Gasteiger partial charge is 0.346 e. The SMILES string of the molecule is Cc1sc(N2CCNCC2)nc1-c1ccc(F)c([N+](=O)[O-])c1. The summed E-state index contributed by atoms with van der Waals surface area (Å²) in [5.41, 5.74) is 0.735. The monoisotopic (exact) mass is 322 g/mol. The number of anilines is 1. The average Bonchev–Trinajstić information content (AvgIpc) is 2.90. The first-order valence-corrected chi connectivity index (χ1v) is 7.75. The van der Waals surface area contributed by atoms with E-state index < -0.39 is 16.4 Å². The van der Waals surface area contributed by atoms with Crippen molar-refractivity contribution in [3.8, 4) is 11.3 Å². The van der Waals surface area contributed by atoms with Gasteiger partial charge in [0.15, 0.2) is 5.13 Å². The van der Waals surface area contributed by atoms with E-state index in [1.165, 1.54) is 12.1 Å². The number of nitro groups is 1. The van der Waals surface area contributed by atoms with E-state index in [-0.39, 0.29) is 0 Å². The van der Waals surface area contributed by atoms with Crippen molar-refractivity contribution in [2.45, 2.75) is 6.92 Å². The highest BCUT2D eigenvalue weighted by atomic mass is 32.1. The Morgan fingerprint density at radius 2 is 2.14 bits per heavy atom. The lowest BCUT2D eigenvalue weighted by molar-refractivity contribution is -0.387. The fourth-order valence-corrected chi connectivity index (χ4v) is 3.42. The second-order valence-electron chi connectivity index (χ2n) is 5.06. The van der Waals surface area contributed by atoms with Gasteiger partial charge in [-0.15, -0.1) is 11.3 Å². The molecular formula is C14H15FN4O2S. The molecule has 3 rings (SSSR count). The highest BCUT2D eigenvalue weighted by Crippen LogP contribution is 2.34. The van der Waals surface area contributed by atoms with E-state index in [9.17, 15) is 14.5 Å². The summed E-state index contributed by atoms with van der Waals surface area (Å²) in [5, 5.41) is 15.1. The van der Waals surface area contributed by atoms with Crippen LogP contribution in [0.2, 0.25) is 0 Å². The first-order valence-electron chi connectivity index (χ1n) is 6.93. The lowest BCUT2D eigenvalue weighted by Crippen LogP contribution is -2.43. The summed E-state index contributed by atoms with van der Waals surface area (Å²) in [6.07, 6.45) is 0. The van der Waals surface area contributed by atoms with Crippen LogP contribution in [0.4, 0.5) is 15.2 Å². The molecule has 0 spiro atoms. The number of thiazole rings is 1. The van der Waals surface area contributed by atoms with Gasteiger partial charge in [0.1, 0.15) is 0 Å². The molecule has 0 saturated carbocycles. The van der Waals surface area contributed by atoms with Gasteiger partial charge in [0, 0.05) is 42.7 Å². The molecular weight excluding hydrogens is 307 g/mol. The van der Waals surface area contributed by atoms with Crippen LogP contribution in [0, 0.1) is 22.9 Å². The number of hydrogen-bond acceptors (Lipinski definition) is 6. The van der Waals surface area contributed by atoms with Gasteiger partial charge in [-0.3, -0.25) is 10.1 Å². The zero-order chi connectivity index (χ0) is 15.7. The zero-order valence-electron chi connectivity index (χ0n) is 12.0. The highest BCUT2D eigenvalue weighted by molar-refractivity contribution is 7.16. The number of hydrogen-bond donors (Lipinski definition) is 1. The van der Waals surface area contributed by atoms with E-state index >= 15 is 0 Å². The molecule has 1 aliphatic rings. The summed E-state index contributed by atoms with van der Waals surface area (Å²) in [5.74, 6) is -0.830. The molecule has 1 aromatic heterocycles. The van der Waals surface area contributed by atoms with Crippen LogP contribution >= 0.6 is 11.3 Å². The van der Waals surface area contributed by atoms with Gasteiger partial charge in [0.2, 0.25) is 5.82 Å². The third-order valence-electron chi connectivity index (χ3n) is 3.59. The van der Waals surface area contributed by atoms with E-state index in [0.29, 0.717) is 11.3 Å².